The molecule has 1 aliphatic heterocycles. The lowest BCUT2D eigenvalue weighted by Gasteiger charge is -2.11. The SMILES string of the molecule is CCNC(=NCCc1sc(C)nc1C)NCCc1ccc2c(c1)OCO2.I. The molecule has 0 aliphatic carbocycles. The van der Waals surface area contributed by atoms with Crippen LogP contribution in [0.5, 0.6) is 11.5 Å². The minimum Gasteiger partial charge on any atom is -0.454 e. The third kappa shape index (κ3) is 6.24. The standard InChI is InChI=1S/C19H26N4O2S.HI/c1-4-20-19(22-10-8-18-13(2)23-14(3)26-18)21-9-7-15-5-6-16-17(11-15)25-12-24-16;/h5-6,11H,4,7-10,12H2,1-3H3,(H2,20,21,22);1H. The Kier molecular flexibility index (Phi) is 8.62. The van der Waals surface area contributed by atoms with E-state index >= 15 is 0 Å². The van der Waals surface area contributed by atoms with E-state index in [1.807, 2.05) is 19.1 Å². The van der Waals surface area contributed by atoms with Gasteiger partial charge in [0.15, 0.2) is 17.5 Å². The molecule has 27 heavy (non-hydrogen) atoms. The summed E-state index contributed by atoms with van der Waals surface area (Å²) in [5.74, 6) is 2.51. The number of hydrogen-bond donors (Lipinski definition) is 2. The van der Waals surface area contributed by atoms with Gasteiger partial charge < -0.3 is 20.1 Å². The van der Waals surface area contributed by atoms with E-state index in [-0.39, 0.29) is 24.0 Å². The highest BCUT2D eigenvalue weighted by Gasteiger charge is 2.13. The maximum Gasteiger partial charge on any atom is 0.231 e. The fourth-order valence-electron chi connectivity index (χ4n) is 2.84. The van der Waals surface area contributed by atoms with Gasteiger partial charge in [0.1, 0.15) is 0 Å². The number of aromatic nitrogens is 1. The van der Waals surface area contributed by atoms with Crippen molar-refractivity contribution < 1.29 is 9.47 Å². The number of nitrogens with zero attached hydrogens (tertiary/aromatic N) is 2. The zero-order chi connectivity index (χ0) is 18.4. The highest BCUT2D eigenvalue weighted by Crippen LogP contribution is 2.32. The van der Waals surface area contributed by atoms with Crippen LogP contribution >= 0.6 is 35.3 Å². The van der Waals surface area contributed by atoms with Crippen molar-refractivity contribution in [3.63, 3.8) is 0 Å². The summed E-state index contributed by atoms with van der Waals surface area (Å²) < 4.78 is 10.8. The van der Waals surface area contributed by atoms with E-state index in [4.69, 9.17) is 9.47 Å². The first-order valence-corrected chi connectivity index (χ1v) is 9.81. The first-order chi connectivity index (χ1) is 12.7. The molecule has 0 saturated heterocycles. The van der Waals surface area contributed by atoms with E-state index in [0.717, 1.165) is 60.6 Å². The number of ether oxygens (including phenoxy) is 2. The van der Waals surface area contributed by atoms with Crippen molar-refractivity contribution in [1.29, 1.82) is 0 Å². The van der Waals surface area contributed by atoms with Crippen molar-refractivity contribution in [3.05, 3.63) is 39.3 Å². The molecule has 0 radical (unpaired) electrons. The molecule has 3 rings (SSSR count). The largest absolute Gasteiger partial charge is 0.454 e. The lowest BCUT2D eigenvalue weighted by atomic mass is 10.1. The molecule has 0 unspecified atom stereocenters. The van der Waals surface area contributed by atoms with Crippen LogP contribution in [0.25, 0.3) is 0 Å². The molecule has 2 aromatic rings. The average molecular weight is 502 g/mol. The normalized spacial score (nSPS) is 12.6. The molecule has 0 bridgehead atoms. The van der Waals surface area contributed by atoms with Gasteiger partial charge in [0.05, 0.1) is 10.7 Å². The molecule has 6 nitrogen and oxygen atoms in total. The summed E-state index contributed by atoms with van der Waals surface area (Å²) >= 11 is 1.76. The summed E-state index contributed by atoms with van der Waals surface area (Å²) in [5.41, 5.74) is 2.34. The Labute approximate surface area is 181 Å². The van der Waals surface area contributed by atoms with Crippen LogP contribution in [0, 0.1) is 13.8 Å². The maximum atomic E-state index is 5.43. The summed E-state index contributed by atoms with van der Waals surface area (Å²) in [6.07, 6.45) is 1.82. The van der Waals surface area contributed by atoms with Crippen LogP contribution in [0.15, 0.2) is 23.2 Å². The number of thiazole rings is 1. The molecule has 1 aromatic heterocycles. The van der Waals surface area contributed by atoms with E-state index < -0.39 is 0 Å². The molecule has 0 atom stereocenters. The fraction of sp³-hybridized carbons (Fsp3) is 0.474. The predicted octanol–water partition coefficient (Wildman–Crippen LogP) is 3.45. The van der Waals surface area contributed by atoms with E-state index in [9.17, 15) is 0 Å². The summed E-state index contributed by atoms with van der Waals surface area (Å²) in [6, 6.07) is 6.09. The molecule has 8 heteroatoms. The highest BCUT2D eigenvalue weighted by molar-refractivity contribution is 14.0. The molecule has 148 valence electrons. The van der Waals surface area contributed by atoms with E-state index in [1.54, 1.807) is 11.3 Å². The van der Waals surface area contributed by atoms with Crippen molar-refractivity contribution in [3.8, 4) is 11.5 Å². The average Bonchev–Trinajstić information content (AvgIpc) is 3.20. The third-order valence-electron chi connectivity index (χ3n) is 4.10. The predicted molar refractivity (Wildman–Crippen MR) is 121 cm³/mol. The van der Waals surface area contributed by atoms with Gasteiger partial charge in [-0.15, -0.1) is 35.3 Å². The second-order valence-corrected chi connectivity index (χ2v) is 7.40. The number of halogens is 1. The minimum absolute atomic E-state index is 0. The van der Waals surface area contributed by atoms with Gasteiger partial charge >= 0.3 is 0 Å². The third-order valence-corrected chi connectivity index (χ3v) is 5.23. The van der Waals surface area contributed by atoms with Crippen LogP contribution in [-0.4, -0.2) is 37.4 Å². The number of fused-ring (bicyclic) bond motifs is 1. The molecule has 0 spiro atoms. The number of rotatable bonds is 7. The van der Waals surface area contributed by atoms with Crippen LogP contribution < -0.4 is 20.1 Å². The topological polar surface area (TPSA) is 67.8 Å². The molecule has 2 heterocycles. The number of guanidine groups is 1. The molecular formula is C19H27IN4O2S. The molecule has 0 saturated carbocycles. The van der Waals surface area contributed by atoms with Crippen molar-refractivity contribution in [2.24, 2.45) is 4.99 Å². The highest BCUT2D eigenvalue weighted by atomic mass is 127. The van der Waals surface area contributed by atoms with E-state index in [0.29, 0.717) is 6.79 Å². The van der Waals surface area contributed by atoms with Gasteiger partial charge in [0.2, 0.25) is 6.79 Å². The van der Waals surface area contributed by atoms with Crippen LogP contribution in [0.4, 0.5) is 0 Å². The Balaban J connectivity index is 0.00000261. The first kappa shape index (κ1) is 21.7. The van der Waals surface area contributed by atoms with Crippen molar-refractivity contribution in [2.75, 3.05) is 26.4 Å². The minimum atomic E-state index is 0. The zero-order valence-corrected chi connectivity index (χ0v) is 19.1. The number of aliphatic imine (C=N–C) groups is 1. The van der Waals surface area contributed by atoms with Gasteiger partial charge in [0.25, 0.3) is 0 Å². The van der Waals surface area contributed by atoms with Crippen LogP contribution in [-0.2, 0) is 12.8 Å². The van der Waals surface area contributed by atoms with E-state index in [1.165, 1.54) is 10.4 Å². The summed E-state index contributed by atoms with van der Waals surface area (Å²) in [4.78, 5) is 10.5. The number of aryl methyl sites for hydroxylation is 2. The smallest absolute Gasteiger partial charge is 0.231 e. The molecular weight excluding hydrogens is 475 g/mol. The molecule has 1 aromatic carbocycles. The Morgan fingerprint density at radius 1 is 1.19 bits per heavy atom. The van der Waals surface area contributed by atoms with Crippen molar-refractivity contribution in [1.82, 2.24) is 15.6 Å². The van der Waals surface area contributed by atoms with Crippen LogP contribution in [0.1, 0.15) is 28.1 Å². The van der Waals surface area contributed by atoms with Gasteiger partial charge in [-0.3, -0.25) is 4.99 Å². The summed E-state index contributed by atoms with van der Waals surface area (Å²) in [7, 11) is 0. The van der Waals surface area contributed by atoms with Crippen molar-refractivity contribution >= 4 is 41.3 Å². The van der Waals surface area contributed by atoms with Crippen molar-refractivity contribution in [2.45, 2.75) is 33.6 Å². The van der Waals surface area contributed by atoms with Crippen LogP contribution in [0.3, 0.4) is 0 Å². The molecule has 0 fully saturated rings. The van der Waals surface area contributed by atoms with Gasteiger partial charge in [-0.2, -0.15) is 0 Å². The lowest BCUT2D eigenvalue weighted by molar-refractivity contribution is 0.174. The Morgan fingerprint density at radius 3 is 2.74 bits per heavy atom. The first-order valence-electron chi connectivity index (χ1n) is 8.99. The molecule has 1 aliphatic rings. The quantitative estimate of drug-likeness (QED) is 0.345. The second-order valence-electron chi connectivity index (χ2n) is 6.12. The second kappa shape index (κ2) is 10.7. The van der Waals surface area contributed by atoms with Gasteiger partial charge in [-0.05, 0) is 44.9 Å². The Hall–Kier alpha value is -1.55. The fourth-order valence-corrected chi connectivity index (χ4v) is 3.76. The Morgan fingerprint density at radius 2 is 2.00 bits per heavy atom. The number of hydrogen-bond acceptors (Lipinski definition) is 5. The zero-order valence-electron chi connectivity index (χ0n) is 16.0. The summed E-state index contributed by atoms with van der Waals surface area (Å²) in [5, 5.41) is 7.82. The molecule has 2 N–H and O–H groups in total. The lowest BCUT2D eigenvalue weighted by Crippen LogP contribution is -2.38. The molecule has 0 amide bonds. The van der Waals surface area contributed by atoms with E-state index in [2.05, 4.69) is 40.5 Å². The number of nitrogens with one attached hydrogen (secondary N) is 2. The van der Waals surface area contributed by atoms with Gasteiger partial charge in [-0.1, -0.05) is 6.07 Å². The number of benzene rings is 1. The summed E-state index contributed by atoms with van der Waals surface area (Å²) in [6.45, 7) is 8.91. The van der Waals surface area contributed by atoms with Gasteiger partial charge in [0, 0.05) is 30.9 Å². The maximum absolute atomic E-state index is 5.43. The van der Waals surface area contributed by atoms with Gasteiger partial charge in [-0.25, -0.2) is 4.98 Å². The Bertz CT molecular complexity index is 779. The monoisotopic (exact) mass is 502 g/mol. The van der Waals surface area contributed by atoms with Crippen LogP contribution in [0.2, 0.25) is 0 Å².